The molecule has 0 amide bonds. The highest BCUT2D eigenvalue weighted by atomic mass is 16.3. The van der Waals surface area contributed by atoms with Gasteiger partial charge in [-0.05, 0) is 96.1 Å². The maximum absolute atomic E-state index is 12.9. The zero-order valence-corrected chi connectivity index (χ0v) is 23.1. The number of aliphatic hydroxyl groups is 1. The van der Waals surface area contributed by atoms with E-state index in [1.165, 1.54) is 5.56 Å². The van der Waals surface area contributed by atoms with Crippen LogP contribution in [0.5, 0.6) is 0 Å². The second kappa shape index (κ2) is 11.9. The molecule has 0 radical (unpaired) electrons. The summed E-state index contributed by atoms with van der Waals surface area (Å²) < 4.78 is 0. The number of allylic oxidation sites excluding steroid dienone is 1. The monoisotopic (exact) mass is 542 g/mol. The van der Waals surface area contributed by atoms with Gasteiger partial charge in [0, 0.05) is 54.1 Å². The molecular weight excluding hydrogens is 508 g/mol. The van der Waals surface area contributed by atoms with Gasteiger partial charge in [-0.3, -0.25) is 9.59 Å². The number of rotatable bonds is 9. The minimum Gasteiger partial charge on any atom is -0.393 e. The number of anilines is 3. The molecular formula is C36H34N2O3. The third-order valence-corrected chi connectivity index (χ3v) is 8.05. The van der Waals surface area contributed by atoms with Gasteiger partial charge in [0.2, 0.25) is 0 Å². The number of nitrogens with zero attached hydrogens (tertiary/aromatic N) is 1. The van der Waals surface area contributed by atoms with Crippen molar-refractivity contribution in [2.24, 2.45) is 0 Å². The van der Waals surface area contributed by atoms with E-state index < -0.39 is 0 Å². The zero-order valence-electron chi connectivity index (χ0n) is 23.1. The van der Waals surface area contributed by atoms with Crippen LogP contribution in [0.15, 0.2) is 97.1 Å². The van der Waals surface area contributed by atoms with E-state index in [1.807, 2.05) is 84.9 Å². The van der Waals surface area contributed by atoms with Crippen molar-refractivity contribution in [1.82, 2.24) is 0 Å². The minimum absolute atomic E-state index is 0.0906. The van der Waals surface area contributed by atoms with Crippen molar-refractivity contribution in [2.45, 2.75) is 38.2 Å². The van der Waals surface area contributed by atoms with Crippen LogP contribution in [0, 0.1) is 0 Å². The first-order valence-electron chi connectivity index (χ1n) is 14.3. The maximum atomic E-state index is 12.9. The fourth-order valence-corrected chi connectivity index (χ4v) is 5.56. The highest BCUT2D eigenvalue weighted by Crippen LogP contribution is 2.24. The molecule has 206 valence electrons. The van der Waals surface area contributed by atoms with Crippen molar-refractivity contribution in [2.75, 3.05) is 23.3 Å². The molecule has 1 saturated heterocycles. The third-order valence-electron chi connectivity index (χ3n) is 8.05. The number of carbonyl (C=O) groups is 2. The summed E-state index contributed by atoms with van der Waals surface area (Å²) >= 11 is 0. The van der Waals surface area contributed by atoms with Gasteiger partial charge in [-0.25, -0.2) is 0 Å². The Hall–Kier alpha value is -4.48. The van der Waals surface area contributed by atoms with Gasteiger partial charge in [-0.1, -0.05) is 48.6 Å². The Balaban J connectivity index is 1.01. The first kappa shape index (κ1) is 26.7. The van der Waals surface area contributed by atoms with E-state index in [0.717, 1.165) is 71.7 Å². The smallest absolute Gasteiger partial charge is 0.167 e. The SMILES string of the molecule is O=C(Cc1ccc(Nc2ccc(CC(=O)c3ccc4c(c3)C=CC4)cc2)cc1)c1ccc(N2CCC(O)CC2)cc1. The standard InChI is InChI=1S/C36H34N2O3/c39-34-18-20-38(21-19-34)33-16-10-28(11-17-33)35(40)22-25-4-12-31(13-5-25)37-32-14-6-26(7-15-32)23-36(41)30-9-8-27-2-1-3-29(27)24-30/h1,3-17,24,34,37,39H,2,18-23H2. The second-order valence-electron chi connectivity index (χ2n) is 11.0. The summed E-state index contributed by atoms with van der Waals surface area (Å²) in [6, 6.07) is 29.7. The Morgan fingerprint density at radius 1 is 0.732 bits per heavy atom. The normalized spacial score (nSPS) is 14.6. The molecule has 0 saturated carbocycles. The zero-order chi connectivity index (χ0) is 28.2. The first-order valence-corrected chi connectivity index (χ1v) is 14.3. The molecule has 1 aliphatic carbocycles. The van der Waals surface area contributed by atoms with E-state index in [9.17, 15) is 14.7 Å². The number of Topliss-reactive ketones (excluding diaryl/α,β-unsaturated/α-hetero) is 2. The maximum Gasteiger partial charge on any atom is 0.167 e. The molecule has 4 aromatic rings. The van der Waals surface area contributed by atoms with Crippen molar-refractivity contribution >= 4 is 34.7 Å². The Morgan fingerprint density at radius 3 is 1.90 bits per heavy atom. The lowest BCUT2D eigenvalue weighted by atomic mass is 9.99. The van der Waals surface area contributed by atoms with Crippen LogP contribution in [-0.2, 0) is 19.3 Å². The largest absolute Gasteiger partial charge is 0.393 e. The van der Waals surface area contributed by atoms with Crippen molar-refractivity contribution in [3.05, 3.63) is 130 Å². The summed E-state index contributed by atoms with van der Waals surface area (Å²) in [5.41, 5.74) is 8.81. The van der Waals surface area contributed by atoms with Gasteiger partial charge < -0.3 is 15.3 Å². The highest BCUT2D eigenvalue weighted by molar-refractivity contribution is 5.98. The number of hydrogen-bond donors (Lipinski definition) is 2. The lowest BCUT2D eigenvalue weighted by Gasteiger charge is -2.31. The van der Waals surface area contributed by atoms with E-state index in [1.54, 1.807) is 0 Å². The van der Waals surface area contributed by atoms with Crippen LogP contribution >= 0.6 is 0 Å². The Labute approximate surface area is 241 Å². The van der Waals surface area contributed by atoms with E-state index in [0.29, 0.717) is 18.4 Å². The van der Waals surface area contributed by atoms with Gasteiger partial charge >= 0.3 is 0 Å². The number of nitrogens with one attached hydrogen (secondary N) is 1. The fourth-order valence-electron chi connectivity index (χ4n) is 5.56. The molecule has 4 aromatic carbocycles. The predicted octanol–water partition coefficient (Wildman–Crippen LogP) is 6.81. The highest BCUT2D eigenvalue weighted by Gasteiger charge is 2.18. The molecule has 2 N–H and O–H groups in total. The van der Waals surface area contributed by atoms with E-state index in [4.69, 9.17) is 0 Å². The molecule has 5 heteroatoms. The van der Waals surface area contributed by atoms with Crippen LogP contribution in [-0.4, -0.2) is 35.9 Å². The number of carbonyl (C=O) groups excluding carboxylic acids is 2. The lowest BCUT2D eigenvalue weighted by molar-refractivity contribution is 0.0984. The van der Waals surface area contributed by atoms with E-state index in [2.05, 4.69) is 28.4 Å². The van der Waals surface area contributed by atoms with Crippen molar-refractivity contribution in [1.29, 1.82) is 0 Å². The summed E-state index contributed by atoms with van der Waals surface area (Å²) in [4.78, 5) is 27.9. The van der Waals surface area contributed by atoms with Crippen LogP contribution in [0.2, 0.25) is 0 Å². The summed E-state index contributed by atoms with van der Waals surface area (Å²) in [7, 11) is 0. The molecule has 0 unspecified atom stereocenters. The summed E-state index contributed by atoms with van der Waals surface area (Å²) in [6.07, 6.45) is 7.24. The average molecular weight is 543 g/mol. The summed E-state index contributed by atoms with van der Waals surface area (Å²) in [5.74, 6) is 0.213. The molecule has 6 rings (SSSR count). The molecule has 0 bridgehead atoms. The number of benzene rings is 4. The van der Waals surface area contributed by atoms with E-state index >= 15 is 0 Å². The third kappa shape index (κ3) is 6.47. The molecule has 0 aromatic heterocycles. The summed E-state index contributed by atoms with van der Waals surface area (Å²) in [5, 5.41) is 13.1. The first-order chi connectivity index (χ1) is 20.0. The molecule has 1 fully saturated rings. The van der Waals surface area contributed by atoms with Crippen LogP contribution in [0.1, 0.15) is 55.8 Å². The molecule has 41 heavy (non-hydrogen) atoms. The number of fused-ring (bicyclic) bond motifs is 1. The van der Waals surface area contributed by atoms with E-state index in [-0.39, 0.29) is 17.7 Å². The van der Waals surface area contributed by atoms with Crippen LogP contribution in [0.3, 0.4) is 0 Å². The molecule has 0 spiro atoms. The number of ketones is 2. The predicted molar refractivity (Wildman–Crippen MR) is 165 cm³/mol. The molecule has 2 aliphatic rings. The van der Waals surface area contributed by atoms with Gasteiger partial charge in [0.25, 0.3) is 0 Å². The van der Waals surface area contributed by atoms with Gasteiger partial charge in [0.1, 0.15) is 0 Å². The molecule has 0 atom stereocenters. The minimum atomic E-state index is -0.199. The quantitative estimate of drug-likeness (QED) is 0.227. The van der Waals surface area contributed by atoms with Gasteiger partial charge in [-0.2, -0.15) is 0 Å². The molecule has 1 aliphatic heterocycles. The van der Waals surface area contributed by atoms with Crippen LogP contribution in [0.4, 0.5) is 17.1 Å². The Morgan fingerprint density at radius 2 is 1.29 bits per heavy atom. The molecule has 5 nitrogen and oxygen atoms in total. The fraction of sp³-hybridized carbons (Fsp3) is 0.222. The lowest BCUT2D eigenvalue weighted by Crippen LogP contribution is -2.35. The average Bonchev–Trinajstić information content (AvgIpc) is 3.48. The van der Waals surface area contributed by atoms with Crippen LogP contribution < -0.4 is 10.2 Å². The molecule has 1 heterocycles. The number of piperidine rings is 1. The Kier molecular flexibility index (Phi) is 7.79. The number of aliphatic hydroxyl groups excluding tert-OH is 1. The van der Waals surface area contributed by atoms with Crippen molar-refractivity contribution in [3.8, 4) is 0 Å². The van der Waals surface area contributed by atoms with Crippen LogP contribution in [0.25, 0.3) is 6.08 Å². The number of hydrogen-bond acceptors (Lipinski definition) is 5. The second-order valence-corrected chi connectivity index (χ2v) is 11.0. The topological polar surface area (TPSA) is 69.6 Å². The van der Waals surface area contributed by atoms with Gasteiger partial charge in [-0.15, -0.1) is 0 Å². The van der Waals surface area contributed by atoms with Crippen molar-refractivity contribution < 1.29 is 14.7 Å². The van der Waals surface area contributed by atoms with Gasteiger partial charge in [0.05, 0.1) is 6.10 Å². The van der Waals surface area contributed by atoms with Gasteiger partial charge in [0.15, 0.2) is 11.6 Å². The Bertz CT molecular complexity index is 1560. The summed E-state index contributed by atoms with van der Waals surface area (Å²) in [6.45, 7) is 1.68. The van der Waals surface area contributed by atoms with Crippen molar-refractivity contribution in [3.63, 3.8) is 0 Å².